The van der Waals surface area contributed by atoms with Gasteiger partial charge in [-0.3, -0.25) is 4.99 Å². The highest BCUT2D eigenvalue weighted by atomic mass is 127. The molecule has 1 rings (SSSR count). The lowest BCUT2D eigenvalue weighted by Gasteiger charge is -2.09. The summed E-state index contributed by atoms with van der Waals surface area (Å²) in [4.78, 5) is 3.70. The van der Waals surface area contributed by atoms with E-state index in [1.807, 2.05) is 0 Å². The van der Waals surface area contributed by atoms with Crippen LogP contribution in [0.15, 0.2) is 23.2 Å². The van der Waals surface area contributed by atoms with Crippen molar-refractivity contribution in [2.24, 2.45) is 16.5 Å². The fourth-order valence-corrected chi connectivity index (χ4v) is 1.61. The molecular weight excluding hydrogens is 364 g/mol. The number of aliphatic imine (C=N–C) groups is 1. The Bertz CT molecular complexity index is 363. The second kappa shape index (κ2) is 7.16. The van der Waals surface area contributed by atoms with Crippen molar-refractivity contribution in [2.75, 3.05) is 6.54 Å². The van der Waals surface area contributed by atoms with E-state index in [9.17, 15) is 5.11 Å². The highest BCUT2D eigenvalue weighted by Gasteiger charge is 2.08. The normalized spacial score (nSPS) is 11.4. The summed E-state index contributed by atoms with van der Waals surface area (Å²) in [5.41, 5.74) is 10.9. The van der Waals surface area contributed by atoms with Gasteiger partial charge in [0.05, 0.1) is 12.6 Å². The maximum absolute atomic E-state index is 9.68. The van der Waals surface area contributed by atoms with Gasteiger partial charge in [-0.1, -0.05) is 23.2 Å². The molecule has 0 fully saturated rings. The Kier molecular flexibility index (Phi) is 7.05. The van der Waals surface area contributed by atoms with Crippen molar-refractivity contribution in [2.45, 2.75) is 6.10 Å². The number of benzene rings is 1. The Morgan fingerprint density at radius 1 is 1.25 bits per heavy atom. The van der Waals surface area contributed by atoms with Crippen molar-refractivity contribution in [3.05, 3.63) is 33.8 Å². The van der Waals surface area contributed by atoms with Gasteiger partial charge < -0.3 is 16.6 Å². The summed E-state index contributed by atoms with van der Waals surface area (Å²) in [6.45, 7) is 0.0823. The number of hydrogen-bond acceptors (Lipinski definition) is 2. The molecule has 0 aliphatic carbocycles. The smallest absolute Gasteiger partial charge is 0.186 e. The van der Waals surface area contributed by atoms with E-state index < -0.39 is 6.10 Å². The van der Waals surface area contributed by atoms with Crippen molar-refractivity contribution < 1.29 is 5.11 Å². The van der Waals surface area contributed by atoms with Crippen molar-refractivity contribution in [3.63, 3.8) is 0 Å². The first-order valence-corrected chi connectivity index (χ1v) is 4.94. The summed E-state index contributed by atoms with van der Waals surface area (Å²) < 4.78 is 0. The van der Waals surface area contributed by atoms with Crippen molar-refractivity contribution in [3.8, 4) is 0 Å². The number of halogens is 3. The van der Waals surface area contributed by atoms with Crippen molar-refractivity contribution in [1.82, 2.24) is 0 Å². The highest BCUT2D eigenvalue weighted by Crippen LogP contribution is 2.23. The van der Waals surface area contributed by atoms with Gasteiger partial charge in [0.15, 0.2) is 5.96 Å². The number of nitrogens with zero attached hydrogens (tertiary/aromatic N) is 1. The summed E-state index contributed by atoms with van der Waals surface area (Å²) in [5.74, 6) is -0.0674. The molecule has 16 heavy (non-hydrogen) atoms. The predicted octanol–water partition coefficient (Wildman–Crippen LogP) is 1.92. The van der Waals surface area contributed by atoms with E-state index >= 15 is 0 Å². The van der Waals surface area contributed by atoms with Gasteiger partial charge in [0, 0.05) is 10.0 Å². The SMILES string of the molecule is I.NC(N)=NCC(O)c1cc(Cl)cc(Cl)c1. The van der Waals surface area contributed by atoms with E-state index in [-0.39, 0.29) is 36.5 Å². The topological polar surface area (TPSA) is 84.6 Å². The van der Waals surface area contributed by atoms with Gasteiger partial charge in [-0.05, 0) is 23.8 Å². The second-order valence-electron chi connectivity index (χ2n) is 2.98. The van der Waals surface area contributed by atoms with Crippen molar-refractivity contribution >= 4 is 53.1 Å². The zero-order valence-corrected chi connectivity index (χ0v) is 12.1. The van der Waals surface area contributed by atoms with Crippen LogP contribution in [0.5, 0.6) is 0 Å². The molecule has 0 aromatic heterocycles. The van der Waals surface area contributed by atoms with Crippen LogP contribution in [0.1, 0.15) is 11.7 Å². The van der Waals surface area contributed by atoms with Gasteiger partial charge >= 0.3 is 0 Å². The molecular formula is C9H12Cl2IN3O. The molecule has 0 aliphatic rings. The number of guanidine groups is 1. The van der Waals surface area contributed by atoms with Crippen LogP contribution in [0.4, 0.5) is 0 Å². The Morgan fingerprint density at radius 3 is 2.19 bits per heavy atom. The fourth-order valence-electron chi connectivity index (χ4n) is 1.06. The largest absolute Gasteiger partial charge is 0.386 e. The summed E-state index contributed by atoms with van der Waals surface area (Å²) >= 11 is 11.6. The molecule has 5 N–H and O–H groups in total. The van der Waals surface area contributed by atoms with Crippen LogP contribution in [0.25, 0.3) is 0 Å². The molecule has 0 heterocycles. The Hall–Kier alpha value is -0.240. The first-order chi connectivity index (χ1) is 6.99. The molecule has 1 atom stereocenters. The van der Waals surface area contributed by atoms with E-state index in [2.05, 4.69) is 4.99 Å². The third-order valence-corrected chi connectivity index (χ3v) is 2.15. The number of nitrogens with two attached hydrogens (primary N) is 2. The van der Waals surface area contributed by atoms with E-state index in [4.69, 9.17) is 34.7 Å². The lowest BCUT2D eigenvalue weighted by molar-refractivity contribution is 0.187. The van der Waals surface area contributed by atoms with Gasteiger partial charge in [0.1, 0.15) is 0 Å². The Morgan fingerprint density at radius 2 is 1.75 bits per heavy atom. The molecule has 0 bridgehead atoms. The number of aliphatic hydroxyl groups is 1. The maximum atomic E-state index is 9.68. The van der Waals surface area contributed by atoms with Gasteiger partial charge in [-0.25, -0.2) is 0 Å². The van der Waals surface area contributed by atoms with Crippen LogP contribution < -0.4 is 11.5 Å². The molecule has 1 aromatic rings. The lowest BCUT2D eigenvalue weighted by Crippen LogP contribution is -2.23. The summed E-state index contributed by atoms with van der Waals surface area (Å²) in [6, 6.07) is 4.81. The summed E-state index contributed by atoms with van der Waals surface area (Å²) in [5, 5.41) is 10.6. The van der Waals surface area contributed by atoms with Crippen LogP contribution >= 0.6 is 47.2 Å². The van der Waals surface area contributed by atoms with E-state index in [0.717, 1.165) is 0 Å². The van der Waals surface area contributed by atoms with Gasteiger partial charge in [0.2, 0.25) is 0 Å². The molecule has 0 amide bonds. The second-order valence-corrected chi connectivity index (χ2v) is 3.86. The molecule has 7 heteroatoms. The van der Waals surface area contributed by atoms with Crippen LogP contribution in [0, 0.1) is 0 Å². The molecule has 0 spiro atoms. The van der Waals surface area contributed by atoms with Gasteiger partial charge in [-0.15, -0.1) is 24.0 Å². The van der Waals surface area contributed by atoms with Crippen LogP contribution in [0.2, 0.25) is 10.0 Å². The molecule has 1 unspecified atom stereocenters. The minimum atomic E-state index is -0.816. The zero-order chi connectivity index (χ0) is 11.4. The molecule has 0 radical (unpaired) electrons. The Balaban J connectivity index is 0.00000225. The standard InChI is InChI=1S/C9H11Cl2N3O.HI/c10-6-1-5(2-7(11)3-6)8(15)4-14-9(12)13;/h1-3,8,15H,4H2,(H4,12,13,14);1H. The molecule has 0 saturated heterocycles. The first kappa shape index (κ1) is 15.8. The van der Waals surface area contributed by atoms with E-state index in [1.165, 1.54) is 0 Å². The zero-order valence-electron chi connectivity index (χ0n) is 8.23. The minimum absolute atomic E-state index is 0. The van der Waals surface area contributed by atoms with Crippen LogP contribution in [-0.4, -0.2) is 17.6 Å². The lowest BCUT2D eigenvalue weighted by atomic mass is 10.1. The molecule has 4 nitrogen and oxygen atoms in total. The molecule has 1 aromatic carbocycles. The van der Waals surface area contributed by atoms with Crippen molar-refractivity contribution in [1.29, 1.82) is 0 Å². The third-order valence-electron chi connectivity index (χ3n) is 1.72. The predicted molar refractivity (Wildman–Crippen MR) is 77.5 cm³/mol. The quantitative estimate of drug-likeness (QED) is 0.428. The van der Waals surface area contributed by atoms with Gasteiger partial charge in [0.25, 0.3) is 0 Å². The monoisotopic (exact) mass is 375 g/mol. The molecule has 90 valence electrons. The Labute approximate surface area is 121 Å². The number of aliphatic hydroxyl groups excluding tert-OH is 1. The maximum Gasteiger partial charge on any atom is 0.186 e. The fraction of sp³-hybridized carbons (Fsp3) is 0.222. The number of rotatable bonds is 3. The van der Waals surface area contributed by atoms with E-state index in [0.29, 0.717) is 15.6 Å². The van der Waals surface area contributed by atoms with Crippen LogP contribution in [0.3, 0.4) is 0 Å². The average molecular weight is 376 g/mol. The van der Waals surface area contributed by atoms with Gasteiger partial charge in [-0.2, -0.15) is 0 Å². The minimum Gasteiger partial charge on any atom is -0.386 e. The molecule has 0 aliphatic heterocycles. The summed E-state index contributed by atoms with van der Waals surface area (Å²) in [6.07, 6.45) is -0.816. The van der Waals surface area contributed by atoms with Crippen LogP contribution in [-0.2, 0) is 0 Å². The highest BCUT2D eigenvalue weighted by molar-refractivity contribution is 14.0. The van der Waals surface area contributed by atoms with E-state index in [1.54, 1.807) is 18.2 Å². The molecule has 0 saturated carbocycles. The third kappa shape index (κ3) is 5.20. The summed E-state index contributed by atoms with van der Waals surface area (Å²) in [7, 11) is 0. The first-order valence-electron chi connectivity index (χ1n) is 4.18. The average Bonchev–Trinajstić information content (AvgIpc) is 2.12. The number of hydrogen-bond donors (Lipinski definition) is 3.